The summed E-state index contributed by atoms with van der Waals surface area (Å²) < 4.78 is 5.73. The molecule has 1 aromatic rings. The zero-order chi connectivity index (χ0) is 13.7. The van der Waals surface area contributed by atoms with Gasteiger partial charge >= 0.3 is 0 Å². The van der Waals surface area contributed by atoms with Crippen LogP contribution in [0.1, 0.15) is 18.9 Å². The molecule has 1 aromatic carbocycles. The molecule has 2 atom stereocenters. The van der Waals surface area contributed by atoms with Crippen molar-refractivity contribution in [1.29, 1.82) is 0 Å². The van der Waals surface area contributed by atoms with Gasteiger partial charge in [-0.2, -0.15) is 0 Å². The fourth-order valence-corrected chi connectivity index (χ4v) is 1.94. The van der Waals surface area contributed by atoms with Crippen molar-refractivity contribution in [3.8, 4) is 5.75 Å². The second kappa shape index (κ2) is 6.45. The summed E-state index contributed by atoms with van der Waals surface area (Å²) in [7, 11) is 1.80. The van der Waals surface area contributed by atoms with Crippen LogP contribution >= 0.6 is 0 Å². The van der Waals surface area contributed by atoms with Gasteiger partial charge in [-0.3, -0.25) is 4.99 Å². The van der Waals surface area contributed by atoms with E-state index in [0.29, 0.717) is 12.6 Å². The molecule has 0 bridgehead atoms. The smallest absolute Gasteiger partial charge is 0.191 e. The second-order valence-electron chi connectivity index (χ2n) is 5.08. The van der Waals surface area contributed by atoms with Crippen molar-refractivity contribution in [3.63, 3.8) is 0 Å². The maximum absolute atomic E-state index is 5.73. The van der Waals surface area contributed by atoms with Crippen LogP contribution in [0.25, 0.3) is 0 Å². The number of hydrogen-bond acceptors (Lipinski definition) is 2. The molecule has 0 heterocycles. The fourth-order valence-electron chi connectivity index (χ4n) is 1.94. The molecule has 2 rings (SSSR count). The Bertz CT molecular complexity index is 445. The van der Waals surface area contributed by atoms with E-state index >= 15 is 0 Å². The van der Waals surface area contributed by atoms with Gasteiger partial charge in [-0.15, -0.1) is 0 Å². The lowest BCUT2D eigenvalue weighted by atomic mass is 10.2. The lowest BCUT2D eigenvalue weighted by Crippen LogP contribution is -2.40. The molecule has 4 nitrogen and oxygen atoms in total. The van der Waals surface area contributed by atoms with E-state index in [1.54, 1.807) is 7.05 Å². The summed E-state index contributed by atoms with van der Waals surface area (Å²) in [5, 5.41) is 6.65. The fraction of sp³-hybridized carbons (Fsp3) is 0.533. The average molecular weight is 261 g/mol. The Labute approximate surface area is 115 Å². The topological polar surface area (TPSA) is 45.7 Å². The number of ether oxygens (including phenoxy) is 1. The molecule has 0 spiro atoms. The normalized spacial score (nSPS) is 21.9. The number of benzene rings is 1. The van der Waals surface area contributed by atoms with Gasteiger partial charge < -0.3 is 15.4 Å². The summed E-state index contributed by atoms with van der Waals surface area (Å²) in [5.74, 6) is 2.58. The summed E-state index contributed by atoms with van der Waals surface area (Å²) in [6.45, 7) is 5.67. The average Bonchev–Trinajstić information content (AvgIpc) is 3.10. The Balaban J connectivity index is 1.67. The summed E-state index contributed by atoms with van der Waals surface area (Å²) >= 11 is 0. The molecule has 0 radical (unpaired) electrons. The van der Waals surface area contributed by atoms with Crippen molar-refractivity contribution in [3.05, 3.63) is 29.8 Å². The van der Waals surface area contributed by atoms with Gasteiger partial charge in [-0.1, -0.05) is 25.1 Å². The molecule has 4 heteroatoms. The highest BCUT2D eigenvalue weighted by molar-refractivity contribution is 5.80. The number of rotatable bonds is 5. The number of nitrogens with zero attached hydrogens (tertiary/aromatic N) is 1. The van der Waals surface area contributed by atoms with Gasteiger partial charge in [-0.25, -0.2) is 0 Å². The molecule has 0 saturated heterocycles. The number of guanidine groups is 1. The van der Waals surface area contributed by atoms with Crippen LogP contribution < -0.4 is 15.4 Å². The van der Waals surface area contributed by atoms with E-state index in [2.05, 4.69) is 35.5 Å². The van der Waals surface area contributed by atoms with Crippen LogP contribution in [0.2, 0.25) is 0 Å². The van der Waals surface area contributed by atoms with E-state index in [9.17, 15) is 0 Å². The summed E-state index contributed by atoms with van der Waals surface area (Å²) in [6.07, 6.45) is 1.24. The van der Waals surface area contributed by atoms with Crippen LogP contribution in [0.15, 0.2) is 29.3 Å². The lowest BCUT2D eigenvalue weighted by Gasteiger charge is -2.13. The van der Waals surface area contributed by atoms with Crippen LogP contribution in [-0.2, 0) is 0 Å². The van der Waals surface area contributed by atoms with E-state index in [4.69, 9.17) is 4.74 Å². The van der Waals surface area contributed by atoms with Crippen molar-refractivity contribution in [2.24, 2.45) is 10.9 Å². The van der Waals surface area contributed by atoms with Crippen LogP contribution in [-0.4, -0.2) is 32.2 Å². The molecule has 1 aliphatic rings. The molecule has 104 valence electrons. The number of aryl methyl sites for hydroxylation is 1. The van der Waals surface area contributed by atoms with E-state index in [0.717, 1.165) is 29.7 Å². The third kappa shape index (κ3) is 4.16. The van der Waals surface area contributed by atoms with Gasteiger partial charge in [0.25, 0.3) is 0 Å². The Hall–Kier alpha value is -1.71. The minimum Gasteiger partial charge on any atom is -0.491 e. The number of para-hydroxylation sites is 1. The zero-order valence-electron chi connectivity index (χ0n) is 11.9. The van der Waals surface area contributed by atoms with E-state index in [1.807, 2.05) is 18.2 Å². The van der Waals surface area contributed by atoms with Crippen molar-refractivity contribution in [2.75, 3.05) is 20.2 Å². The van der Waals surface area contributed by atoms with E-state index in [-0.39, 0.29) is 0 Å². The molecule has 1 aliphatic carbocycles. The van der Waals surface area contributed by atoms with Crippen molar-refractivity contribution in [2.45, 2.75) is 26.3 Å². The molecule has 19 heavy (non-hydrogen) atoms. The third-order valence-electron chi connectivity index (χ3n) is 3.40. The molecule has 2 N–H and O–H groups in total. The molecule has 0 aliphatic heterocycles. The standard InChI is InChI=1S/C15H23N3O/c1-11-6-4-5-7-14(11)19-9-8-17-15(16-3)18-13-10-12(13)2/h4-7,12-13H,8-10H2,1-3H3,(H2,16,17,18). The van der Waals surface area contributed by atoms with Crippen LogP contribution in [0.4, 0.5) is 0 Å². The maximum atomic E-state index is 5.73. The molecule has 0 aromatic heterocycles. The summed E-state index contributed by atoms with van der Waals surface area (Å²) in [5.41, 5.74) is 1.16. The predicted octanol–water partition coefficient (Wildman–Crippen LogP) is 1.95. The SMILES string of the molecule is CN=C(NCCOc1ccccc1C)NC1CC1C. The monoisotopic (exact) mass is 261 g/mol. The molecular weight excluding hydrogens is 238 g/mol. The first-order valence-electron chi connectivity index (χ1n) is 6.86. The number of hydrogen-bond donors (Lipinski definition) is 2. The third-order valence-corrected chi connectivity index (χ3v) is 3.40. The minimum absolute atomic E-state index is 0.587. The van der Waals surface area contributed by atoms with Crippen molar-refractivity contribution < 1.29 is 4.74 Å². The van der Waals surface area contributed by atoms with Crippen molar-refractivity contribution >= 4 is 5.96 Å². The Kier molecular flexibility index (Phi) is 4.66. The number of nitrogens with one attached hydrogen (secondary N) is 2. The largest absolute Gasteiger partial charge is 0.491 e. The van der Waals surface area contributed by atoms with E-state index in [1.165, 1.54) is 6.42 Å². The first-order chi connectivity index (χ1) is 9.20. The first-order valence-corrected chi connectivity index (χ1v) is 6.86. The number of aliphatic imine (C=N–C) groups is 1. The van der Waals surface area contributed by atoms with Crippen LogP contribution in [0, 0.1) is 12.8 Å². The quantitative estimate of drug-likeness (QED) is 0.484. The first kappa shape index (κ1) is 13.7. The molecule has 0 amide bonds. The van der Waals surface area contributed by atoms with Gasteiger partial charge in [0.1, 0.15) is 12.4 Å². The van der Waals surface area contributed by atoms with Gasteiger partial charge in [0.15, 0.2) is 5.96 Å². The minimum atomic E-state index is 0.587. The van der Waals surface area contributed by atoms with Gasteiger partial charge in [0, 0.05) is 13.1 Å². The predicted molar refractivity (Wildman–Crippen MR) is 78.7 cm³/mol. The van der Waals surface area contributed by atoms with Crippen molar-refractivity contribution in [1.82, 2.24) is 10.6 Å². The molecular formula is C15H23N3O. The highest BCUT2D eigenvalue weighted by Crippen LogP contribution is 2.28. The highest BCUT2D eigenvalue weighted by atomic mass is 16.5. The Morgan fingerprint density at radius 2 is 2.16 bits per heavy atom. The van der Waals surface area contributed by atoms with Gasteiger partial charge in [-0.05, 0) is 30.9 Å². The highest BCUT2D eigenvalue weighted by Gasteiger charge is 2.33. The van der Waals surface area contributed by atoms with Crippen LogP contribution in [0.5, 0.6) is 5.75 Å². The Morgan fingerprint density at radius 1 is 1.42 bits per heavy atom. The molecule has 1 saturated carbocycles. The second-order valence-corrected chi connectivity index (χ2v) is 5.08. The molecule has 1 fully saturated rings. The van der Waals surface area contributed by atoms with Crippen LogP contribution in [0.3, 0.4) is 0 Å². The van der Waals surface area contributed by atoms with E-state index < -0.39 is 0 Å². The Morgan fingerprint density at radius 3 is 2.79 bits per heavy atom. The van der Waals surface area contributed by atoms with Gasteiger partial charge in [0.05, 0.1) is 6.54 Å². The van der Waals surface area contributed by atoms with Gasteiger partial charge in [0.2, 0.25) is 0 Å². The summed E-state index contributed by atoms with van der Waals surface area (Å²) in [6, 6.07) is 8.64. The zero-order valence-corrected chi connectivity index (χ0v) is 11.9. The summed E-state index contributed by atoms with van der Waals surface area (Å²) in [4.78, 5) is 4.20. The maximum Gasteiger partial charge on any atom is 0.191 e. The lowest BCUT2D eigenvalue weighted by molar-refractivity contribution is 0.320. The molecule has 2 unspecified atom stereocenters.